The van der Waals surface area contributed by atoms with Gasteiger partial charge in [-0.1, -0.05) is 55.8 Å². The second-order valence-corrected chi connectivity index (χ2v) is 7.57. The lowest BCUT2D eigenvalue weighted by Crippen LogP contribution is -2.34. The first-order valence-electron chi connectivity index (χ1n) is 10.6. The zero-order valence-electron chi connectivity index (χ0n) is 18.0. The summed E-state index contributed by atoms with van der Waals surface area (Å²) in [4.78, 5) is 27.7. The summed E-state index contributed by atoms with van der Waals surface area (Å²) in [5.74, 6) is -0.541. The van der Waals surface area contributed by atoms with Gasteiger partial charge in [-0.3, -0.25) is 14.5 Å². The summed E-state index contributed by atoms with van der Waals surface area (Å²) in [6.45, 7) is 7.75. The molecule has 1 heterocycles. The fourth-order valence-corrected chi connectivity index (χ4v) is 3.46. The Kier molecular flexibility index (Phi) is 7.41. The predicted molar refractivity (Wildman–Crippen MR) is 120 cm³/mol. The van der Waals surface area contributed by atoms with Gasteiger partial charge in [0.2, 0.25) is 0 Å². The monoisotopic (exact) mass is 406 g/mol. The molecule has 0 atom stereocenters. The van der Waals surface area contributed by atoms with Gasteiger partial charge in [0.25, 0.3) is 11.8 Å². The van der Waals surface area contributed by atoms with Crippen LogP contribution >= 0.6 is 0 Å². The van der Waals surface area contributed by atoms with Crippen LogP contribution < -0.4 is 5.32 Å². The van der Waals surface area contributed by atoms with E-state index in [4.69, 9.17) is 4.74 Å². The van der Waals surface area contributed by atoms with Gasteiger partial charge in [0, 0.05) is 25.4 Å². The summed E-state index contributed by atoms with van der Waals surface area (Å²) in [7, 11) is 0. The van der Waals surface area contributed by atoms with Gasteiger partial charge in [0.05, 0.1) is 5.57 Å². The fraction of sp³-hybridized carbons (Fsp3) is 0.360. The zero-order chi connectivity index (χ0) is 21.5. The van der Waals surface area contributed by atoms with E-state index in [0.717, 1.165) is 35.2 Å². The number of carbonyl (C=O) groups excluding carboxylic acids is 2. The molecule has 30 heavy (non-hydrogen) atoms. The summed E-state index contributed by atoms with van der Waals surface area (Å²) >= 11 is 0. The molecule has 0 saturated heterocycles. The van der Waals surface area contributed by atoms with E-state index in [2.05, 4.69) is 12.2 Å². The molecule has 0 spiro atoms. The maximum absolute atomic E-state index is 13.2. The predicted octanol–water partition coefficient (Wildman–Crippen LogP) is 4.70. The van der Waals surface area contributed by atoms with Gasteiger partial charge in [-0.05, 0) is 49.4 Å². The number of aryl methyl sites for hydroxylation is 1. The van der Waals surface area contributed by atoms with Crippen molar-refractivity contribution in [3.05, 3.63) is 70.9 Å². The van der Waals surface area contributed by atoms with Crippen molar-refractivity contribution >= 4 is 23.1 Å². The average Bonchev–Trinajstić information content (AvgIpc) is 2.98. The molecule has 1 aliphatic heterocycles. The smallest absolute Gasteiger partial charge is 0.278 e. The molecule has 5 heteroatoms. The highest BCUT2D eigenvalue weighted by Crippen LogP contribution is 2.31. The second-order valence-electron chi connectivity index (χ2n) is 7.57. The van der Waals surface area contributed by atoms with Gasteiger partial charge in [-0.25, -0.2) is 0 Å². The fourth-order valence-electron chi connectivity index (χ4n) is 3.46. The van der Waals surface area contributed by atoms with Crippen molar-refractivity contribution in [1.29, 1.82) is 0 Å². The summed E-state index contributed by atoms with van der Waals surface area (Å²) in [6.07, 6.45) is 2.73. The van der Waals surface area contributed by atoms with Gasteiger partial charge in [0.1, 0.15) is 5.70 Å². The quantitative estimate of drug-likeness (QED) is 0.459. The molecule has 1 aliphatic rings. The highest BCUT2D eigenvalue weighted by atomic mass is 16.5. The number of nitrogens with zero attached hydrogens (tertiary/aromatic N) is 1. The van der Waals surface area contributed by atoms with Crippen molar-refractivity contribution in [3.8, 4) is 0 Å². The third-order valence-electron chi connectivity index (χ3n) is 5.41. The first-order valence-corrected chi connectivity index (χ1v) is 10.6. The maximum atomic E-state index is 13.2. The van der Waals surface area contributed by atoms with Crippen LogP contribution in [0.1, 0.15) is 42.9 Å². The van der Waals surface area contributed by atoms with E-state index in [-0.39, 0.29) is 11.8 Å². The Bertz CT molecular complexity index is 935. The molecule has 1 N–H and O–H groups in total. The Balaban J connectivity index is 1.84. The first-order chi connectivity index (χ1) is 14.5. The molecule has 2 aromatic carbocycles. The van der Waals surface area contributed by atoms with Gasteiger partial charge >= 0.3 is 0 Å². The van der Waals surface area contributed by atoms with Crippen LogP contribution in [0.3, 0.4) is 0 Å². The van der Waals surface area contributed by atoms with E-state index in [1.165, 1.54) is 4.90 Å². The normalized spacial score (nSPS) is 14.0. The molecule has 3 rings (SSSR count). The third-order valence-corrected chi connectivity index (χ3v) is 5.41. The summed E-state index contributed by atoms with van der Waals surface area (Å²) < 4.78 is 5.59. The molecule has 0 bridgehead atoms. The van der Waals surface area contributed by atoms with E-state index in [0.29, 0.717) is 37.4 Å². The number of ether oxygens (including phenoxy) is 1. The molecule has 158 valence electrons. The van der Waals surface area contributed by atoms with Crippen LogP contribution in [0, 0.1) is 13.8 Å². The van der Waals surface area contributed by atoms with Gasteiger partial charge < -0.3 is 10.1 Å². The number of rotatable bonds is 10. The molecular formula is C25H30N2O3. The lowest BCUT2D eigenvalue weighted by molar-refractivity contribution is -0.137. The van der Waals surface area contributed by atoms with Gasteiger partial charge in [-0.2, -0.15) is 0 Å². The number of anilines is 1. The van der Waals surface area contributed by atoms with Crippen LogP contribution in [0.4, 0.5) is 5.69 Å². The Hall–Kier alpha value is -2.92. The van der Waals surface area contributed by atoms with Crippen LogP contribution in [0.5, 0.6) is 0 Å². The second kappa shape index (κ2) is 10.2. The van der Waals surface area contributed by atoms with Crippen molar-refractivity contribution in [2.75, 3.05) is 25.1 Å². The number of carbonyl (C=O) groups is 2. The lowest BCUT2D eigenvalue weighted by atomic mass is 10.0. The average molecular weight is 407 g/mol. The summed E-state index contributed by atoms with van der Waals surface area (Å²) in [6, 6.07) is 15.3. The van der Waals surface area contributed by atoms with Crippen LogP contribution in [-0.2, 0) is 14.3 Å². The number of nitrogens with one attached hydrogen (secondary N) is 1. The van der Waals surface area contributed by atoms with Crippen LogP contribution in [-0.4, -0.2) is 36.5 Å². The number of benzene rings is 2. The standard InChI is InChI=1S/C25H30N2O3/c1-4-5-16-30-17-10-15-27-24(28)22(20-12-7-6-8-13-20)23(25(27)29)26-21-14-9-11-18(2)19(21)3/h6-9,11-14,26H,4-5,10,15-17H2,1-3H3. The molecule has 0 unspecified atom stereocenters. The first kappa shape index (κ1) is 21.8. The number of hydrogen-bond donors (Lipinski definition) is 1. The zero-order valence-corrected chi connectivity index (χ0v) is 18.0. The Morgan fingerprint density at radius 1 is 0.900 bits per heavy atom. The molecule has 5 nitrogen and oxygen atoms in total. The third kappa shape index (κ3) is 4.79. The molecule has 0 fully saturated rings. The summed E-state index contributed by atoms with van der Waals surface area (Å²) in [5, 5.41) is 3.26. The van der Waals surface area contributed by atoms with E-state index < -0.39 is 0 Å². The van der Waals surface area contributed by atoms with Crippen molar-refractivity contribution in [2.45, 2.75) is 40.0 Å². The number of unbranched alkanes of at least 4 members (excludes halogenated alkanes) is 1. The highest BCUT2D eigenvalue weighted by Gasteiger charge is 2.38. The van der Waals surface area contributed by atoms with Crippen molar-refractivity contribution in [2.24, 2.45) is 0 Å². The Morgan fingerprint density at radius 3 is 2.37 bits per heavy atom. The largest absolute Gasteiger partial charge is 0.381 e. The molecule has 2 aromatic rings. The van der Waals surface area contributed by atoms with Crippen LogP contribution in [0.2, 0.25) is 0 Å². The maximum Gasteiger partial charge on any atom is 0.278 e. The number of hydrogen-bond acceptors (Lipinski definition) is 4. The summed E-state index contributed by atoms with van der Waals surface area (Å²) in [5.41, 5.74) is 4.52. The molecule has 0 aromatic heterocycles. The minimum absolute atomic E-state index is 0.257. The van der Waals surface area contributed by atoms with Crippen molar-refractivity contribution in [1.82, 2.24) is 4.90 Å². The van der Waals surface area contributed by atoms with E-state index in [1.807, 2.05) is 62.4 Å². The Labute approximate surface area is 178 Å². The Morgan fingerprint density at radius 2 is 1.63 bits per heavy atom. The molecule has 2 amide bonds. The molecule has 0 radical (unpaired) electrons. The minimum Gasteiger partial charge on any atom is -0.381 e. The van der Waals surface area contributed by atoms with Crippen LogP contribution in [0.15, 0.2) is 54.2 Å². The molecule has 0 aliphatic carbocycles. The van der Waals surface area contributed by atoms with Crippen LogP contribution in [0.25, 0.3) is 5.57 Å². The van der Waals surface area contributed by atoms with E-state index in [1.54, 1.807) is 0 Å². The molecule has 0 saturated carbocycles. The minimum atomic E-state index is -0.284. The van der Waals surface area contributed by atoms with Crippen molar-refractivity contribution in [3.63, 3.8) is 0 Å². The molecular weight excluding hydrogens is 376 g/mol. The van der Waals surface area contributed by atoms with E-state index >= 15 is 0 Å². The van der Waals surface area contributed by atoms with Gasteiger partial charge in [0.15, 0.2) is 0 Å². The highest BCUT2D eigenvalue weighted by molar-refractivity contribution is 6.36. The lowest BCUT2D eigenvalue weighted by Gasteiger charge is -2.16. The SMILES string of the molecule is CCCCOCCCN1C(=O)C(Nc2cccc(C)c2C)=C(c2ccccc2)C1=O. The number of amides is 2. The topological polar surface area (TPSA) is 58.6 Å². The van der Waals surface area contributed by atoms with Crippen molar-refractivity contribution < 1.29 is 14.3 Å². The van der Waals surface area contributed by atoms with Gasteiger partial charge in [-0.15, -0.1) is 0 Å². The van der Waals surface area contributed by atoms with E-state index in [9.17, 15) is 9.59 Å². The number of imide groups is 1.